The van der Waals surface area contributed by atoms with Gasteiger partial charge in [0.25, 0.3) is 5.91 Å². The highest BCUT2D eigenvalue weighted by Gasteiger charge is 2.36. The van der Waals surface area contributed by atoms with Crippen molar-refractivity contribution in [1.29, 1.82) is 0 Å². The monoisotopic (exact) mass is 430 g/mol. The number of rotatable bonds is 3. The largest absolute Gasteiger partial charge is 0.486 e. The first-order valence-electron chi connectivity index (χ1n) is 9.95. The number of nitrogens with one attached hydrogen (secondary N) is 2. The molecule has 0 radical (unpaired) electrons. The second-order valence-corrected chi connectivity index (χ2v) is 8.22. The van der Waals surface area contributed by atoms with Crippen LogP contribution >= 0.6 is 11.3 Å². The lowest BCUT2D eigenvalue weighted by molar-refractivity contribution is 0.0974. The number of carbonyl (C=O) groups is 1. The molecule has 2 aromatic carbocycles. The summed E-state index contributed by atoms with van der Waals surface area (Å²) in [5.74, 6) is 1.24. The minimum absolute atomic E-state index is 0.0886. The van der Waals surface area contributed by atoms with Crippen LogP contribution in [-0.2, 0) is 0 Å². The molecule has 6 rings (SSSR count). The zero-order chi connectivity index (χ0) is 20.8. The number of H-pyrrole nitrogens is 1. The van der Waals surface area contributed by atoms with Crippen LogP contribution in [0.25, 0.3) is 10.6 Å². The van der Waals surface area contributed by atoms with Crippen molar-refractivity contribution in [2.24, 2.45) is 0 Å². The molecule has 0 fully saturated rings. The van der Waals surface area contributed by atoms with Crippen LogP contribution in [0.3, 0.4) is 0 Å². The van der Waals surface area contributed by atoms with Crippen LogP contribution in [0.1, 0.15) is 22.1 Å². The van der Waals surface area contributed by atoms with Crippen molar-refractivity contribution in [1.82, 2.24) is 10.2 Å². The molecule has 0 spiro atoms. The van der Waals surface area contributed by atoms with Gasteiger partial charge in [0.15, 0.2) is 11.5 Å². The fraction of sp³-hybridized carbons (Fsp3) is 0.130. The summed E-state index contributed by atoms with van der Waals surface area (Å²) in [6.45, 7) is 1.00. The molecule has 2 aliphatic rings. The first-order chi connectivity index (χ1) is 15.3. The molecular formula is C23H18N4O3S. The van der Waals surface area contributed by atoms with E-state index in [0.29, 0.717) is 30.3 Å². The fourth-order valence-corrected chi connectivity index (χ4v) is 4.78. The van der Waals surface area contributed by atoms with E-state index < -0.39 is 6.17 Å². The first kappa shape index (κ1) is 18.0. The van der Waals surface area contributed by atoms with Crippen molar-refractivity contribution in [3.05, 3.63) is 77.3 Å². The van der Waals surface area contributed by atoms with Crippen LogP contribution in [0.15, 0.2) is 66.2 Å². The summed E-state index contributed by atoms with van der Waals surface area (Å²) >= 11 is 1.62. The van der Waals surface area contributed by atoms with E-state index in [1.54, 1.807) is 22.4 Å². The highest BCUT2D eigenvalue weighted by Crippen LogP contribution is 2.42. The van der Waals surface area contributed by atoms with E-state index in [0.717, 1.165) is 27.5 Å². The molecule has 7 nitrogen and oxygen atoms in total. The fourth-order valence-electron chi connectivity index (χ4n) is 4.04. The third-order valence-electron chi connectivity index (χ3n) is 5.46. The molecule has 1 amide bonds. The second-order valence-electron chi connectivity index (χ2n) is 7.27. The van der Waals surface area contributed by atoms with E-state index in [-0.39, 0.29) is 5.91 Å². The zero-order valence-corrected chi connectivity index (χ0v) is 17.2. The van der Waals surface area contributed by atoms with Gasteiger partial charge in [-0.1, -0.05) is 18.2 Å². The van der Waals surface area contributed by atoms with Crippen LogP contribution < -0.4 is 19.7 Å². The molecule has 31 heavy (non-hydrogen) atoms. The number of para-hydroxylation sites is 1. The van der Waals surface area contributed by atoms with Crippen molar-refractivity contribution in [3.8, 4) is 22.1 Å². The minimum atomic E-state index is -0.444. The Bertz CT molecular complexity index is 1270. The van der Waals surface area contributed by atoms with Crippen molar-refractivity contribution in [3.63, 3.8) is 0 Å². The summed E-state index contributed by atoms with van der Waals surface area (Å²) in [6, 6.07) is 17.2. The Kier molecular flexibility index (Phi) is 4.17. The van der Waals surface area contributed by atoms with E-state index in [1.807, 2.05) is 60.0 Å². The highest BCUT2D eigenvalue weighted by atomic mass is 32.1. The molecule has 0 saturated carbocycles. The van der Waals surface area contributed by atoms with Gasteiger partial charge in [-0.15, -0.1) is 11.3 Å². The van der Waals surface area contributed by atoms with Gasteiger partial charge in [-0.3, -0.25) is 14.8 Å². The van der Waals surface area contributed by atoms with Crippen LogP contribution in [0, 0.1) is 0 Å². The van der Waals surface area contributed by atoms with Crippen LogP contribution in [0.2, 0.25) is 0 Å². The summed E-state index contributed by atoms with van der Waals surface area (Å²) < 4.78 is 11.4. The Morgan fingerprint density at radius 2 is 1.90 bits per heavy atom. The Morgan fingerprint density at radius 1 is 1.03 bits per heavy atom. The van der Waals surface area contributed by atoms with E-state index >= 15 is 0 Å². The average Bonchev–Trinajstić information content (AvgIpc) is 3.50. The number of aromatic amines is 1. The zero-order valence-electron chi connectivity index (χ0n) is 16.4. The Hall–Kier alpha value is -3.78. The number of benzene rings is 2. The summed E-state index contributed by atoms with van der Waals surface area (Å²) in [5.41, 5.74) is 3.92. The van der Waals surface area contributed by atoms with Gasteiger partial charge in [0.05, 0.1) is 28.0 Å². The van der Waals surface area contributed by atoms with Crippen LogP contribution in [0.4, 0.5) is 11.4 Å². The molecule has 2 aromatic heterocycles. The standard InChI is InChI=1S/C23H18N4O3S/c28-23-15-4-1-2-5-17(15)25-22(16-13-24-26-21(16)20-6-3-11-31-20)27(23)14-7-8-18-19(12-14)30-10-9-29-18/h1-8,11-13,22,25H,9-10H2,(H,24,26). The molecule has 0 saturated heterocycles. The number of carbonyl (C=O) groups excluding carboxylic acids is 1. The predicted molar refractivity (Wildman–Crippen MR) is 119 cm³/mol. The molecule has 1 unspecified atom stereocenters. The quantitative estimate of drug-likeness (QED) is 0.493. The third kappa shape index (κ3) is 2.95. The molecule has 4 aromatic rings. The van der Waals surface area contributed by atoms with Gasteiger partial charge in [0.1, 0.15) is 19.4 Å². The van der Waals surface area contributed by atoms with Crippen LogP contribution in [0.5, 0.6) is 11.5 Å². The van der Waals surface area contributed by atoms with Gasteiger partial charge < -0.3 is 14.8 Å². The third-order valence-corrected chi connectivity index (χ3v) is 6.35. The summed E-state index contributed by atoms with van der Waals surface area (Å²) in [5, 5.41) is 13.0. The SMILES string of the molecule is O=C1c2ccccc2NC(c2cn[nH]c2-c2cccs2)N1c1ccc2c(c1)OCCO2. The number of hydrogen-bond donors (Lipinski definition) is 2. The molecular weight excluding hydrogens is 412 g/mol. The van der Waals surface area contributed by atoms with Crippen molar-refractivity contribution >= 4 is 28.6 Å². The van der Waals surface area contributed by atoms with Gasteiger partial charge >= 0.3 is 0 Å². The number of amides is 1. The van der Waals surface area contributed by atoms with Crippen molar-refractivity contribution in [2.75, 3.05) is 23.4 Å². The number of thiophene rings is 1. The summed E-state index contributed by atoms with van der Waals surface area (Å²) in [4.78, 5) is 16.5. The lowest BCUT2D eigenvalue weighted by atomic mass is 10.0. The molecule has 8 heteroatoms. The van der Waals surface area contributed by atoms with Crippen molar-refractivity contribution in [2.45, 2.75) is 6.17 Å². The number of nitrogens with zero attached hydrogens (tertiary/aromatic N) is 2. The minimum Gasteiger partial charge on any atom is -0.486 e. The molecule has 0 bridgehead atoms. The van der Waals surface area contributed by atoms with Gasteiger partial charge in [-0.2, -0.15) is 5.10 Å². The number of aromatic nitrogens is 2. The van der Waals surface area contributed by atoms with E-state index in [1.165, 1.54) is 0 Å². The van der Waals surface area contributed by atoms with Gasteiger partial charge in [-0.25, -0.2) is 0 Å². The molecule has 2 N–H and O–H groups in total. The Morgan fingerprint density at radius 3 is 2.77 bits per heavy atom. The lowest BCUT2D eigenvalue weighted by Gasteiger charge is -2.38. The number of fused-ring (bicyclic) bond motifs is 2. The molecule has 4 heterocycles. The molecule has 2 aliphatic heterocycles. The maximum Gasteiger partial charge on any atom is 0.262 e. The van der Waals surface area contributed by atoms with Crippen LogP contribution in [-0.4, -0.2) is 29.3 Å². The Balaban J connectivity index is 1.51. The normalized spacial score (nSPS) is 17.2. The molecule has 0 aliphatic carbocycles. The summed E-state index contributed by atoms with van der Waals surface area (Å²) in [6.07, 6.45) is 1.33. The van der Waals surface area contributed by atoms with E-state index in [4.69, 9.17) is 9.47 Å². The number of anilines is 2. The number of hydrogen-bond acceptors (Lipinski definition) is 6. The van der Waals surface area contributed by atoms with Gasteiger partial charge in [0.2, 0.25) is 0 Å². The van der Waals surface area contributed by atoms with Crippen molar-refractivity contribution < 1.29 is 14.3 Å². The maximum absolute atomic E-state index is 13.7. The van der Waals surface area contributed by atoms with Gasteiger partial charge in [-0.05, 0) is 35.7 Å². The van der Waals surface area contributed by atoms with E-state index in [9.17, 15) is 4.79 Å². The highest BCUT2D eigenvalue weighted by molar-refractivity contribution is 7.13. The topological polar surface area (TPSA) is 79.5 Å². The summed E-state index contributed by atoms with van der Waals surface area (Å²) in [7, 11) is 0. The second kappa shape index (κ2) is 7.17. The smallest absolute Gasteiger partial charge is 0.262 e. The lowest BCUT2D eigenvalue weighted by Crippen LogP contribution is -2.43. The number of ether oxygens (including phenoxy) is 2. The first-order valence-corrected chi connectivity index (χ1v) is 10.8. The molecule has 154 valence electrons. The molecule has 1 atom stereocenters. The predicted octanol–water partition coefficient (Wildman–Crippen LogP) is 4.68. The maximum atomic E-state index is 13.7. The Labute approximate surface area is 182 Å². The van der Waals surface area contributed by atoms with E-state index in [2.05, 4.69) is 15.5 Å². The average molecular weight is 430 g/mol. The van der Waals surface area contributed by atoms with Gasteiger partial charge in [0, 0.05) is 17.3 Å².